The van der Waals surface area contributed by atoms with E-state index < -0.39 is 11.7 Å². The van der Waals surface area contributed by atoms with Crippen LogP contribution in [0.1, 0.15) is 34.7 Å². The first-order chi connectivity index (χ1) is 12.0. The number of aromatic nitrogens is 2. The van der Waals surface area contributed by atoms with Crippen molar-refractivity contribution in [3.05, 3.63) is 82.1 Å². The Morgan fingerprint density at radius 2 is 1.96 bits per heavy atom. The van der Waals surface area contributed by atoms with Gasteiger partial charge in [-0.15, -0.1) is 0 Å². The first kappa shape index (κ1) is 17.4. The van der Waals surface area contributed by atoms with E-state index in [0.717, 1.165) is 17.1 Å². The van der Waals surface area contributed by atoms with Crippen molar-refractivity contribution in [1.82, 2.24) is 14.9 Å². The van der Waals surface area contributed by atoms with Gasteiger partial charge in [0.15, 0.2) is 0 Å². The molecule has 3 aromatic rings. The van der Waals surface area contributed by atoms with Crippen LogP contribution in [-0.2, 0) is 0 Å². The number of hydrogen-bond donors (Lipinski definition) is 1. The van der Waals surface area contributed by atoms with Crippen LogP contribution in [0, 0.1) is 12.7 Å². The lowest BCUT2D eigenvalue weighted by atomic mass is 10.1. The second-order valence-corrected chi connectivity index (χ2v) is 6.67. The van der Waals surface area contributed by atoms with Gasteiger partial charge in [-0.1, -0.05) is 28.1 Å². The first-order valence-electron chi connectivity index (χ1n) is 7.82. The maximum absolute atomic E-state index is 13.9. The maximum Gasteiger partial charge on any atom is 0.254 e. The number of halogens is 2. The van der Waals surface area contributed by atoms with E-state index in [4.69, 9.17) is 0 Å². The van der Waals surface area contributed by atoms with Crippen LogP contribution in [0.25, 0.3) is 5.69 Å². The molecule has 1 atom stereocenters. The van der Waals surface area contributed by atoms with Gasteiger partial charge in [0.2, 0.25) is 0 Å². The lowest BCUT2D eigenvalue weighted by Gasteiger charge is -2.15. The number of hydrogen-bond acceptors (Lipinski definition) is 2. The second kappa shape index (κ2) is 7.19. The van der Waals surface area contributed by atoms with Crippen LogP contribution in [-0.4, -0.2) is 15.5 Å². The molecule has 1 amide bonds. The van der Waals surface area contributed by atoms with Crippen LogP contribution in [0.3, 0.4) is 0 Å². The lowest BCUT2D eigenvalue weighted by Crippen LogP contribution is -2.27. The zero-order chi connectivity index (χ0) is 18.0. The molecule has 1 aromatic heterocycles. The van der Waals surface area contributed by atoms with Crippen LogP contribution in [0.15, 0.2) is 59.3 Å². The number of nitrogens with zero attached hydrogens (tertiary/aromatic N) is 2. The van der Waals surface area contributed by atoms with E-state index in [9.17, 15) is 9.18 Å². The van der Waals surface area contributed by atoms with E-state index in [-0.39, 0.29) is 11.6 Å². The molecule has 3 rings (SSSR count). The SMILES string of the molecule is Cc1nccn1-c1ccc(C(C)NC(=O)c2ccc(Br)cc2F)cc1. The molecule has 0 aliphatic carbocycles. The minimum Gasteiger partial charge on any atom is -0.345 e. The Morgan fingerprint density at radius 3 is 2.56 bits per heavy atom. The van der Waals surface area contributed by atoms with E-state index >= 15 is 0 Å². The number of benzene rings is 2. The number of carbonyl (C=O) groups is 1. The molecule has 6 heteroatoms. The Balaban J connectivity index is 1.74. The van der Waals surface area contributed by atoms with Crippen molar-refractivity contribution in [2.45, 2.75) is 19.9 Å². The Hall–Kier alpha value is -2.47. The summed E-state index contributed by atoms with van der Waals surface area (Å²) in [6.07, 6.45) is 3.64. The molecule has 0 aliphatic rings. The van der Waals surface area contributed by atoms with E-state index in [1.54, 1.807) is 12.3 Å². The average Bonchev–Trinajstić information content (AvgIpc) is 3.00. The summed E-state index contributed by atoms with van der Waals surface area (Å²) >= 11 is 3.18. The largest absolute Gasteiger partial charge is 0.345 e. The summed E-state index contributed by atoms with van der Waals surface area (Å²) < 4.78 is 16.5. The van der Waals surface area contributed by atoms with Crippen molar-refractivity contribution < 1.29 is 9.18 Å². The predicted molar refractivity (Wildman–Crippen MR) is 98.3 cm³/mol. The van der Waals surface area contributed by atoms with Gasteiger partial charge in [-0.3, -0.25) is 4.79 Å². The summed E-state index contributed by atoms with van der Waals surface area (Å²) in [5.74, 6) is -0.0862. The number of rotatable bonds is 4. The first-order valence-corrected chi connectivity index (χ1v) is 8.61. The fraction of sp³-hybridized carbons (Fsp3) is 0.158. The topological polar surface area (TPSA) is 46.9 Å². The van der Waals surface area contributed by atoms with Gasteiger partial charge in [0, 0.05) is 22.6 Å². The third-order valence-electron chi connectivity index (χ3n) is 4.02. The normalized spacial score (nSPS) is 12.0. The molecule has 2 aromatic carbocycles. The molecule has 1 heterocycles. The molecular formula is C19H17BrFN3O. The summed E-state index contributed by atoms with van der Waals surface area (Å²) in [5, 5.41) is 2.82. The molecule has 0 radical (unpaired) electrons. The molecule has 0 spiro atoms. The monoisotopic (exact) mass is 401 g/mol. The standard InChI is InChI=1S/C19H17BrFN3O/c1-12(23-19(25)17-8-5-15(20)11-18(17)21)14-3-6-16(7-4-14)24-10-9-22-13(24)2/h3-12H,1-2H3,(H,23,25). The van der Waals surface area contributed by atoms with Gasteiger partial charge in [0.05, 0.1) is 11.6 Å². The van der Waals surface area contributed by atoms with Crippen molar-refractivity contribution in [2.75, 3.05) is 0 Å². The Morgan fingerprint density at radius 1 is 1.24 bits per heavy atom. The van der Waals surface area contributed by atoms with Gasteiger partial charge in [-0.05, 0) is 49.7 Å². The number of imidazole rings is 1. The molecule has 128 valence electrons. The smallest absolute Gasteiger partial charge is 0.254 e. The summed E-state index contributed by atoms with van der Waals surface area (Å²) in [4.78, 5) is 16.5. The van der Waals surface area contributed by atoms with Crippen molar-refractivity contribution in [3.63, 3.8) is 0 Å². The minimum atomic E-state index is -0.551. The fourth-order valence-electron chi connectivity index (χ4n) is 2.61. The van der Waals surface area contributed by atoms with Gasteiger partial charge >= 0.3 is 0 Å². The molecule has 0 bridgehead atoms. The summed E-state index contributed by atoms with van der Waals surface area (Å²) in [6, 6.07) is 12.0. The van der Waals surface area contributed by atoms with E-state index in [1.807, 2.05) is 48.9 Å². The van der Waals surface area contributed by atoms with Gasteiger partial charge in [0.25, 0.3) is 5.91 Å². The molecule has 1 N–H and O–H groups in total. The number of nitrogens with one attached hydrogen (secondary N) is 1. The van der Waals surface area contributed by atoms with E-state index in [0.29, 0.717) is 4.47 Å². The second-order valence-electron chi connectivity index (χ2n) is 5.76. The molecule has 4 nitrogen and oxygen atoms in total. The van der Waals surface area contributed by atoms with E-state index in [2.05, 4.69) is 26.2 Å². The van der Waals surface area contributed by atoms with Crippen LogP contribution >= 0.6 is 15.9 Å². The Labute approximate surface area is 153 Å². The van der Waals surface area contributed by atoms with Crippen LogP contribution < -0.4 is 5.32 Å². The van der Waals surface area contributed by atoms with Crippen molar-refractivity contribution in [2.24, 2.45) is 0 Å². The molecule has 1 unspecified atom stereocenters. The molecular weight excluding hydrogens is 385 g/mol. The Bertz CT molecular complexity index is 905. The van der Waals surface area contributed by atoms with Crippen molar-refractivity contribution >= 4 is 21.8 Å². The summed E-state index contributed by atoms with van der Waals surface area (Å²) in [5.41, 5.74) is 1.96. The number of amides is 1. The van der Waals surface area contributed by atoms with Gasteiger partial charge < -0.3 is 9.88 Å². The number of aryl methyl sites for hydroxylation is 1. The third-order valence-corrected chi connectivity index (χ3v) is 4.51. The molecule has 25 heavy (non-hydrogen) atoms. The highest BCUT2D eigenvalue weighted by Crippen LogP contribution is 2.19. The zero-order valence-corrected chi connectivity index (χ0v) is 15.4. The molecule has 0 saturated heterocycles. The van der Waals surface area contributed by atoms with Crippen LogP contribution in [0.5, 0.6) is 0 Å². The zero-order valence-electron chi connectivity index (χ0n) is 13.8. The van der Waals surface area contributed by atoms with Crippen molar-refractivity contribution in [1.29, 1.82) is 0 Å². The molecule has 0 fully saturated rings. The lowest BCUT2D eigenvalue weighted by molar-refractivity contribution is 0.0936. The minimum absolute atomic E-state index is 0.0284. The number of carbonyl (C=O) groups excluding carboxylic acids is 1. The Kier molecular flexibility index (Phi) is 4.99. The van der Waals surface area contributed by atoms with Gasteiger partial charge in [0.1, 0.15) is 11.6 Å². The molecule has 0 saturated carbocycles. The van der Waals surface area contributed by atoms with Crippen molar-refractivity contribution in [3.8, 4) is 5.69 Å². The highest BCUT2D eigenvalue weighted by atomic mass is 79.9. The quantitative estimate of drug-likeness (QED) is 0.695. The fourth-order valence-corrected chi connectivity index (χ4v) is 2.94. The summed E-state index contributed by atoms with van der Waals surface area (Å²) in [6.45, 7) is 3.80. The van der Waals surface area contributed by atoms with E-state index in [1.165, 1.54) is 12.1 Å². The highest BCUT2D eigenvalue weighted by molar-refractivity contribution is 9.10. The average molecular weight is 402 g/mol. The maximum atomic E-state index is 13.9. The van der Waals surface area contributed by atoms with Gasteiger partial charge in [-0.2, -0.15) is 0 Å². The predicted octanol–water partition coefficient (Wildman–Crippen LogP) is 4.57. The third kappa shape index (κ3) is 3.79. The van der Waals surface area contributed by atoms with Crippen LogP contribution in [0.4, 0.5) is 4.39 Å². The van der Waals surface area contributed by atoms with Gasteiger partial charge in [-0.25, -0.2) is 9.37 Å². The highest BCUT2D eigenvalue weighted by Gasteiger charge is 2.15. The summed E-state index contributed by atoms with van der Waals surface area (Å²) in [7, 11) is 0. The van der Waals surface area contributed by atoms with Crippen LogP contribution in [0.2, 0.25) is 0 Å². The molecule has 0 aliphatic heterocycles.